The van der Waals surface area contributed by atoms with Crippen molar-refractivity contribution in [3.8, 4) is 0 Å². The first-order chi connectivity index (χ1) is 7.74. The van der Waals surface area contributed by atoms with E-state index >= 15 is 0 Å². The van der Waals surface area contributed by atoms with Gasteiger partial charge in [0.15, 0.2) is 0 Å². The number of isocyanates is 2. The molecule has 0 saturated carbocycles. The van der Waals surface area contributed by atoms with Gasteiger partial charge in [-0.1, -0.05) is 0 Å². The molecule has 88 valence electrons. The molecule has 0 aliphatic carbocycles. The molecule has 0 radical (unpaired) electrons. The Morgan fingerprint density at radius 2 is 2.06 bits per heavy atom. The number of aliphatic imine (C=N–C) groups is 2. The van der Waals surface area contributed by atoms with Crippen LogP contribution in [0.4, 0.5) is 0 Å². The highest BCUT2D eigenvalue weighted by Gasteiger charge is 2.12. The topological polar surface area (TPSA) is 85.2 Å². The lowest BCUT2D eigenvalue weighted by Crippen LogP contribution is -2.13. The monoisotopic (exact) mass is 226 g/mol. The van der Waals surface area contributed by atoms with Crippen LogP contribution in [0.3, 0.4) is 0 Å². The number of carbonyl (C=O) groups excluding carboxylic acids is 3. The Bertz CT molecular complexity index is 304. The zero-order chi connectivity index (χ0) is 12.2. The molecule has 6 nitrogen and oxygen atoms in total. The van der Waals surface area contributed by atoms with Gasteiger partial charge in [0.2, 0.25) is 12.2 Å². The minimum Gasteiger partial charge on any atom is -0.469 e. The van der Waals surface area contributed by atoms with E-state index < -0.39 is 12.0 Å². The Balaban J connectivity index is 3.89. The maximum absolute atomic E-state index is 11.0. The highest BCUT2D eigenvalue weighted by molar-refractivity contribution is 5.70. The van der Waals surface area contributed by atoms with Crippen molar-refractivity contribution in [1.29, 1.82) is 0 Å². The van der Waals surface area contributed by atoms with Crippen molar-refractivity contribution in [2.45, 2.75) is 31.7 Å². The molecular weight excluding hydrogens is 212 g/mol. The molecule has 0 heterocycles. The lowest BCUT2D eigenvalue weighted by molar-refractivity contribution is -0.141. The standard InChI is InChI=1S/C10H14N2O4/c1-16-10(15)6-9(12-8-14)4-2-3-5-11-7-13/h9H,2-6H2,1H3. The van der Waals surface area contributed by atoms with Gasteiger partial charge in [0.1, 0.15) is 0 Å². The normalized spacial score (nSPS) is 10.8. The summed E-state index contributed by atoms with van der Waals surface area (Å²) in [5, 5.41) is 0. The number of rotatable bonds is 8. The van der Waals surface area contributed by atoms with E-state index in [4.69, 9.17) is 0 Å². The third kappa shape index (κ3) is 7.62. The van der Waals surface area contributed by atoms with E-state index in [1.54, 1.807) is 0 Å². The van der Waals surface area contributed by atoms with Gasteiger partial charge in [0.25, 0.3) is 0 Å². The summed E-state index contributed by atoms with van der Waals surface area (Å²) in [4.78, 5) is 37.7. The number of methoxy groups -OCH3 is 1. The minimum atomic E-state index is -0.407. The van der Waals surface area contributed by atoms with Crippen molar-refractivity contribution < 1.29 is 19.1 Å². The average molecular weight is 226 g/mol. The molecule has 0 aromatic heterocycles. The summed E-state index contributed by atoms with van der Waals surface area (Å²) in [6.07, 6.45) is 4.92. The molecule has 0 aromatic rings. The van der Waals surface area contributed by atoms with Crippen molar-refractivity contribution in [2.75, 3.05) is 13.7 Å². The molecule has 0 spiro atoms. The molecular formula is C10H14N2O4. The van der Waals surface area contributed by atoms with Gasteiger partial charge in [-0.15, -0.1) is 0 Å². The summed E-state index contributed by atoms with van der Waals surface area (Å²) in [6, 6.07) is -0.398. The van der Waals surface area contributed by atoms with Gasteiger partial charge in [-0.25, -0.2) is 19.6 Å². The van der Waals surface area contributed by atoms with E-state index in [-0.39, 0.29) is 6.42 Å². The number of unbranched alkanes of at least 4 members (excludes halogenated alkanes) is 1. The van der Waals surface area contributed by atoms with Crippen molar-refractivity contribution in [1.82, 2.24) is 0 Å². The van der Waals surface area contributed by atoms with E-state index in [0.29, 0.717) is 19.4 Å². The second kappa shape index (κ2) is 9.77. The van der Waals surface area contributed by atoms with E-state index in [2.05, 4.69) is 14.7 Å². The minimum absolute atomic E-state index is 0.0721. The molecule has 0 saturated heterocycles. The SMILES string of the molecule is COC(=O)CC(CCCCN=C=O)N=C=O. The number of carbonyl (C=O) groups is 1. The second-order valence-electron chi connectivity index (χ2n) is 3.12. The van der Waals surface area contributed by atoms with Gasteiger partial charge in [-0.3, -0.25) is 4.79 Å². The van der Waals surface area contributed by atoms with Crippen LogP contribution in [0.25, 0.3) is 0 Å². The molecule has 16 heavy (non-hydrogen) atoms. The smallest absolute Gasteiger partial charge is 0.307 e. The van der Waals surface area contributed by atoms with Crippen molar-refractivity contribution in [3.63, 3.8) is 0 Å². The molecule has 0 N–H and O–H groups in total. The van der Waals surface area contributed by atoms with Crippen LogP contribution in [0.15, 0.2) is 9.98 Å². The van der Waals surface area contributed by atoms with E-state index in [0.717, 1.165) is 6.42 Å². The highest BCUT2D eigenvalue weighted by atomic mass is 16.5. The number of ether oxygens (including phenoxy) is 1. The summed E-state index contributed by atoms with van der Waals surface area (Å²) in [5.74, 6) is -0.407. The van der Waals surface area contributed by atoms with Gasteiger partial charge in [-0.05, 0) is 19.3 Å². The molecule has 0 aromatic carbocycles. The Hall–Kier alpha value is -1.77. The Morgan fingerprint density at radius 1 is 1.31 bits per heavy atom. The third-order valence-electron chi connectivity index (χ3n) is 1.99. The number of hydrogen-bond acceptors (Lipinski definition) is 6. The highest BCUT2D eigenvalue weighted by Crippen LogP contribution is 2.09. The molecule has 1 atom stereocenters. The lowest BCUT2D eigenvalue weighted by Gasteiger charge is -2.07. The molecule has 0 amide bonds. The zero-order valence-corrected chi connectivity index (χ0v) is 9.14. The van der Waals surface area contributed by atoms with Crippen molar-refractivity contribution in [3.05, 3.63) is 0 Å². The zero-order valence-electron chi connectivity index (χ0n) is 9.14. The number of nitrogens with zero attached hydrogens (tertiary/aromatic N) is 2. The van der Waals surface area contributed by atoms with Crippen LogP contribution in [-0.2, 0) is 19.1 Å². The Labute approximate surface area is 93.4 Å². The Kier molecular flexibility index (Phi) is 8.69. The summed E-state index contributed by atoms with van der Waals surface area (Å²) < 4.78 is 4.47. The van der Waals surface area contributed by atoms with E-state index in [1.807, 2.05) is 0 Å². The van der Waals surface area contributed by atoms with Crippen LogP contribution in [0.5, 0.6) is 0 Å². The van der Waals surface area contributed by atoms with Crippen LogP contribution in [0.2, 0.25) is 0 Å². The predicted molar refractivity (Wildman–Crippen MR) is 55.4 cm³/mol. The predicted octanol–water partition coefficient (Wildman–Crippen LogP) is 0.760. The summed E-state index contributed by atoms with van der Waals surface area (Å²) >= 11 is 0. The fourth-order valence-electron chi connectivity index (χ4n) is 1.18. The summed E-state index contributed by atoms with van der Waals surface area (Å²) in [6.45, 7) is 0.402. The van der Waals surface area contributed by atoms with Crippen LogP contribution in [0, 0.1) is 0 Å². The largest absolute Gasteiger partial charge is 0.469 e. The fourth-order valence-corrected chi connectivity index (χ4v) is 1.18. The maximum atomic E-state index is 11.0. The average Bonchev–Trinajstić information content (AvgIpc) is 2.28. The molecule has 6 heteroatoms. The second-order valence-corrected chi connectivity index (χ2v) is 3.12. The van der Waals surface area contributed by atoms with Crippen molar-refractivity contribution >= 4 is 18.1 Å². The first-order valence-electron chi connectivity index (χ1n) is 4.92. The van der Waals surface area contributed by atoms with Crippen molar-refractivity contribution in [2.24, 2.45) is 9.98 Å². The van der Waals surface area contributed by atoms with Gasteiger partial charge >= 0.3 is 5.97 Å². The lowest BCUT2D eigenvalue weighted by atomic mass is 10.1. The number of hydrogen-bond donors (Lipinski definition) is 0. The summed E-state index contributed by atoms with van der Waals surface area (Å²) in [7, 11) is 1.28. The van der Waals surface area contributed by atoms with Crippen LogP contribution >= 0.6 is 0 Å². The first kappa shape index (κ1) is 14.2. The first-order valence-corrected chi connectivity index (χ1v) is 4.92. The van der Waals surface area contributed by atoms with Gasteiger partial charge in [0.05, 0.1) is 26.1 Å². The molecule has 1 unspecified atom stereocenters. The molecule has 0 bridgehead atoms. The Morgan fingerprint density at radius 3 is 2.62 bits per heavy atom. The fraction of sp³-hybridized carbons (Fsp3) is 0.700. The van der Waals surface area contributed by atoms with E-state index in [1.165, 1.54) is 19.3 Å². The quantitative estimate of drug-likeness (QED) is 0.264. The van der Waals surface area contributed by atoms with E-state index in [9.17, 15) is 14.4 Å². The van der Waals surface area contributed by atoms with Crippen LogP contribution in [0.1, 0.15) is 25.7 Å². The molecule has 0 aliphatic heterocycles. The maximum Gasteiger partial charge on any atom is 0.307 e. The summed E-state index contributed by atoms with van der Waals surface area (Å²) in [5.41, 5.74) is 0. The van der Waals surface area contributed by atoms with Gasteiger partial charge in [-0.2, -0.15) is 0 Å². The molecule has 0 aliphatic rings. The van der Waals surface area contributed by atoms with Gasteiger partial charge < -0.3 is 4.74 Å². The van der Waals surface area contributed by atoms with Crippen LogP contribution < -0.4 is 0 Å². The number of esters is 1. The van der Waals surface area contributed by atoms with Crippen LogP contribution in [-0.4, -0.2) is 37.8 Å². The third-order valence-corrected chi connectivity index (χ3v) is 1.99. The van der Waals surface area contributed by atoms with Gasteiger partial charge in [0, 0.05) is 0 Å². The molecule has 0 fully saturated rings. The molecule has 0 rings (SSSR count).